The van der Waals surface area contributed by atoms with Crippen molar-refractivity contribution in [2.45, 2.75) is 30.8 Å². The highest BCUT2D eigenvalue weighted by atomic mass is 32.2. The van der Waals surface area contributed by atoms with Gasteiger partial charge in [-0.2, -0.15) is 0 Å². The first-order chi connectivity index (χ1) is 15.2. The monoisotopic (exact) mass is 431 g/mol. The van der Waals surface area contributed by atoms with Crippen LogP contribution in [0.25, 0.3) is 16.7 Å². The Bertz CT molecular complexity index is 1440. The number of fused-ring (bicyclic) bond motifs is 3. The second-order valence-corrected chi connectivity index (χ2v) is 8.17. The fourth-order valence-electron chi connectivity index (χ4n) is 3.77. The second-order valence-electron chi connectivity index (χ2n) is 7.23. The molecule has 0 N–H and O–H groups in total. The van der Waals surface area contributed by atoms with Gasteiger partial charge in [-0.05, 0) is 24.6 Å². The lowest BCUT2D eigenvalue weighted by atomic mass is 10.1. The van der Waals surface area contributed by atoms with E-state index in [1.165, 1.54) is 10.1 Å². The number of aromatic nitrogens is 7. The molecule has 0 aliphatic carbocycles. The Hall–Kier alpha value is -3.46. The highest BCUT2D eigenvalue weighted by Gasteiger charge is 2.17. The van der Waals surface area contributed by atoms with Gasteiger partial charge >= 0.3 is 0 Å². The maximum absolute atomic E-state index is 12.6. The molecule has 0 saturated heterocycles. The molecule has 0 bridgehead atoms. The van der Waals surface area contributed by atoms with E-state index in [9.17, 15) is 4.79 Å². The molecule has 0 aliphatic heterocycles. The summed E-state index contributed by atoms with van der Waals surface area (Å²) < 4.78 is 5.62. The van der Waals surface area contributed by atoms with Crippen LogP contribution in [0.5, 0.6) is 0 Å². The van der Waals surface area contributed by atoms with Crippen LogP contribution in [0.4, 0.5) is 0 Å². The Kier molecular flexibility index (Phi) is 5.03. The van der Waals surface area contributed by atoms with Crippen molar-refractivity contribution in [1.82, 2.24) is 33.9 Å². The molecular weight excluding hydrogens is 410 g/mol. The molecule has 0 aliphatic rings. The summed E-state index contributed by atoms with van der Waals surface area (Å²) in [5.41, 5.74) is 1.94. The van der Waals surface area contributed by atoms with Gasteiger partial charge in [0.1, 0.15) is 11.6 Å². The van der Waals surface area contributed by atoms with Gasteiger partial charge in [0.05, 0.1) is 16.7 Å². The molecule has 156 valence electrons. The molecule has 0 atom stereocenters. The third-order valence-electron chi connectivity index (χ3n) is 5.34. The first-order valence-corrected chi connectivity index (χ1v) is 11.1. The van der Waals surface area contributed by atoms with Gasteiger partial charge in [0.25, 0.3) is 5.56 Å². The highest BCUT2D eigenvalue weighted by Crippen LogP contribution is 2.24. The number of hydrogen-bond donors (Lipinski definition) is 0. The van der Waals surface area contributed by atoms with E-state index in [0.717, 1.165) is 35.3 Å². The predicted molar refractivity (Wildman–Crippen MR) is 120 cm³/mol. The molecule has 3 heterocycles. The van der Waals surface area contributed by atoms with Crippen LogP contribution in [-0.4, -0.2) is 33.9 Å². The molecule has 5 aromatic rings. The molecule has 31 heavy (non-hydrogen) atoms. The van der Waals surface area contributed by atoms with E-state index in [0.29, 0.717) is 16.9 Å². The number of para-hydroxylation sites is 1. The quantitative estimate of drug-likeness (QED) is 0.384. The van der Waals surface area contributed by atoms with Crippen LogP contribution in [0.15, 0.2) is 64.5 Å². The van der Waals surface area contributed by atoms with Crippen LogP contribution in [0, 0.1) is 0 Å². The van der Waals surface area contributed by atoms with Gasteiger partial charge in [0.15, 0.2) is 5.16 Å². The second kappa shape index (κ2) is 7.99. The van der Waals surface area contributed by atoms with E-state index >= 15 is 0 Å². The highest BCUT2D eigenvalue weighted by molar-refractivity contribution is 7.98. The van der Waals surface area contributed by atoms with Crippen molar-refractivity contribution in [3.05, 3.63) is 82.2 Å². The first-order valence-electron chi connectivity index (χ1n) is 10.1. The van der Waals surface area contributed by atoms with Crippen LogP contribution in [-0.2, 0) is 25.8 Å². The average Bonchev–Trinajstić information content (AvgIpc) is 3.40. The van der Waals surface area contributed by atoms with Gasteiger partial charge in [0.2, 0.25) is 5.78 Å². The lowest BCUT2D eigenvalue weighted by Crippen LogP contribution is -2.20. The van der Waals surface area contributed by atoms with Crippen molar-refractivity contribution >= 4 is 28.4 Å². The predicted octanol–water partition coefficient (Wildman–Crippen LogP) is 3.08. The van der Waals surface area contributed by atoms with Gasteiger partial charge in [-0.3, -0.25) is 13.8 Å². The lowest BCUT2D eigenvalue weighted by Gasteiger charge is -2.09. The number of rotatable bonds is 6. The van der Waals surface area contributed by atoms with E-state index in [4.69, 9.17) is 0 Å². The number of thioether (sulfide) groups is 1. The van der Waals surface area contributed by atoms with Gasteiger partial charge < -0.3 is 4.57 Å². The molecule has 5 rings (SSSR count). The average molecular weight is 432 g/mol. The molecule has 2 aromatic carbocycles. The van der Waals surface area contributed by atoms with Crippen molar-refractivity contribution < 1.29 is 0 Å². The number of hydrogen-bond acceptors (Lipinski definition) is 6. The van der Waals surface area contributed by atoms with Gasteiger partial charge in [0, 0.05) is 20.0 Å². The topological polar surface area (TPSA) is 82.9 Å². The summed E-state index contributed by atoms with van der Waals surface area (Å²) in [5.74, 6) is 2.80. The summed E-state index contributed by atoms with van der Waals surface area (Å²) in [6.07, 6.45) is 0.739. The molecule has 0 amide bonds. The van der Waals surface area contributed by atoms with Crippen LogP contribution in [0.3, 0.4) is 0 Å². The Labute approximate surface area is 182 Å². The largest absolute Gasteiger partial charge is 0.306 e. The summed E-state index contributed by atoms with van der Waals surface area (Å²) in [6, 6.07) is 17.8. The smallest absolute Gasteiger partial charge is 0.262 e. The standard InChI is InChI=1S/C22H21N7OS/c1-3-28-18(13-15-9-5-4-6-10-15)23-26-22(28)31-14-19-24-25-21-27(2)20(30)16-11-7-8-12-17(16)29(19)21/h4-12H,3,13-14H2,1-2H3. The molecule has 0 fully saturated rings. The van der Waals surface area contributed by atoms with E-state index in [1.807, 2.05) is 46.9 Å². The number of aryl methyl sites for hydroxylation is 1. The third-order valence-corrected chi connectivity index (χ3v) is 6.30. The Morgan fingerprint density at radius 3 is 2.45 bits per heavy atom. The first kappa shape index (κ1) is 19.5. The summed E-state index contributed by atoms with van der Waals surface area (Å²) in [6.45, 7) is 2.88. The zero-order chi connectivity index (χ0) is 21.4. The van der Waals surface area contributed by atoms with Crippen molar-refractivity contribution in [2.24, 2.45) is 7.05 Å². The molecule has 9 heteroatoms. The van der Waals surface area contributed by atoms with Crippen molar-refractivity contribution in [3.63, 3.8) is 0 Å². The molecule has 0 spiro atoms. The van der Waals surface area contributed by atoms with Crippen molar-refractivity contribution in [3.8, 4) is 0 Å². The van der Waals surface area contributed by atoms with Crippen LogP contribution < -0.4 is 5.56 Å². The van der Waals surface area contributed by atoms with Crippen molar-refractivity contribution in [2.75, 3.05) is 0 Å². The molecular formula is C22H21N7OS. The minimum absolute atomic E-state index is 0.0778. The van der Waals surface area contributed by atoms with E-state index < -0.39 is 0 Å². The molecule has 0 radical (unpaired) electrons. The van der Waals surface area contributed by atoms with Gasteiger partial charge in [-0.25, -0.2) is 0 Å². The third kappa shape index (κ3) is 3.40. The molecule has 3 aromatic heterocycles. The zero-order valence-corrected chi connectivity index (χ0v) is 18.1. The van der Waals surface area contributed by atoms with Crippen LogP contribution >= 0.6 is 11.8 Å². The minimum atomic E-state index is -0.0778. The molecule has 0 saturated carbocycles. The Morgan fingerprint density at radius 2 is 1.65 bits per heavy atom. The number of nitrogens with zero attached hydrogens (tertiary/aromatic N) is 7. The number of benzene rings is 2. The molecule has 8 nitrogen and oxygen atoms in total. The van der Waals surface area contributed by atoms with Gasteiger partial charge in [-0.1, -0.05) is 54.2 Å². The molecule has 0 unspecified atom stereocenters. The maximum Gasteiger partial charge on any atom is 0.262 e. The van der Waals surface area contributed by atoms with E-state index in [2.05, 4.69) is 44.0 Å². The van der Waals surface area contributed by atoms with Gasteiger partial charge in [-0.15, -0.1) is 20.4 Å². The fourth-order valence-corrected chi connectivity index (χ4v) is 4.70. The van der Waals surface area contributed by atoms with Crippen molar-refractivity contribution in [1.29, 1.82) is 0 Å². The SMILES string of the molecule is CCn1c(Cc2ccccc2)nnc1SCc1nnc2n(C)c(=O)c3ccccc3n12. The summed E-state index contributed by atoms with van der Waals surface area (Å²) in [7, 11) is 1.72. The van der Waals surface area contributed by atoms with Crippen LogP contribution in [0.2, 0.25) is 0 Å². The zero-order valence-electron chi connectivity index (χ0n) is 17.3. The summed E-state index contributed by atoms with van der Waals surface area (Å²) in [4.78, 5) is 12.6. The van der Waals surface area contributed by atoms with E-state index in [1.54, 1.807) is 18.8 Å². The maximum atomic E-state index is 12.6. The summed E-state index contributed by atoms with van der Waals surface area (Å²) >= 11 is 1.57. The normalized spacial score (nSPS) is 11.5. The fraction of sp³-hybridized carbons (Fsp3) is 0.227. The minimum Gasteiger partial charge on any atom is -0.306 e. The van der Waals surface area contributed by atoms with E-state index in [-0.39, 0.29) is 5.56 Å². The van der Waals surface area contributed by atoms with Crippen LogP contribution in [0.1, 0.15) is 24.1 Å². The lowest BCUT2D eigenvalue weighted by molar-refractivity contribution is 0.651. The Balaban J connectivity index is 1.48. The summed E-state index contributed by atoms with van der Waals surface area (Å²) in [5, 5.41) is 19.0. The Morgan fingerprint density at radius 1 is 0.903 bits per heavy atom.